The number of benzene rings is 1. The molecule has 1 unspecified atom stereocenters. The molecule has 1 atom stereocenters. The first kappa shape index (κ1) is 21.0. The van der Waals surface area contributed by atoms with Crippen LogP contribution < -0.4 is 16.0 Å². The molecular formula is C24H24FN5O3. The number of hydrogen-bond acceptors (Lipinski definition) is 5. The predicted octanol–water partition coefficient (Wildman–Crippen LogP) is 3.21. The first-order valence-electron chi connectivity index (χ1n) is 10.9. The van der Waals surface area contributed by atoms with Gasteiger partial charge in [-0.15, -0.1) is 0 Å². The lowest BCUT2D eigenvalue weighted by Crippen LogP contribution is -2.32. The lowest BCUT2D eigenvalue weighted by atomic mass is 9.96. The minimum absolute atomic E-state index is 0.0444. The third-order valence-electron chi connectivity index (χ3n) is 6.10. The highest BCUT2D eigenvalue weighted by atomic mass is 19.1. The molecule has 4 heterocycles. The topological polar surface area (TPSA) is 95.6 Å². The number of fused-ring (bicyclic) bond motifs is 1. The van der Waals surface area contributed by atoms with E-state index in [9.17, 15) is 14.0 Å². The fourth-order valence-electron chi connectivity index (χ4n) is 4.56. The van der Waals surface area contributed by atoms with Crippen LogP contribution in [0.25, 0.3) is 11.1 Å². The van der Waals surface area contributed by atoms with Crippen LogP contribution in [0.3, 0.4) is 0 Å². The summed E-state index contributed by atoms with van der Waals surface area (Å²) >= 11 is 0. The summed E-state index contributed by atoms with van der Waals surface area (Å²) in [4.78, 5) is 30.5. The van der Waals surface area contributed by atoms with Crippen molar-refractivity contribution in [2.24, 2.45) is 0 Å². The van der Waals surface area contributed by atoms with E-state index >= 15 is 0 Å². The van der Waals surface area contributed by atoms with Gasteiger partial charge < -0.3 is 25.6 Å². The summed E-state index contributed by atoms with van der Waals surface area (Å²) in [6, 6.07) is 8.05. The highest BCUT2D eigenvalue weighted by molar-refractivity contribution is 6.32. The number of rotatable bonds is 5. The lowest BCUT2D eigenvalue weighted by molar-refractivity contribution is -0.110. The molecule has 0 bridgehead atoms. The summed E-state index contributed by atoms with van der Waals surface area (Å²) < 4.78 is 19.7. The third kappa shape index (κ3) is 3.79. The number of ether oxygens (including phenoxy) is 1. The summed E-state index contributed by atoms with van der Waals surface area (Å²) in [6.45, 7) is 6.41. The number of halogens is 1. The number of amides is 3. The molecule has 0 spiro atoms. The molecule has 8 nitrogen and oxygen atoms in total. The summed E-state index contributed by atoms with van der Waals surface area (Å²) in [6.07, 6.45) is 1.45. The summed E-state index contributed by atoms with van der Waals surface area (Å²) in [5.74, 6) is 0.490. The van der Waals surface area contributed by atoms with Crippen molar-refractivity contribution in [1.82, 2.24) is 15.2 Å². The van der Waals surface area contributed by atoms with Gasteiger partial charge in [-0.3, -0.25) is 4.79 Å². The number of urea groups is 1. The molecule has 1 fully saturated rings. The second-order valence-electron chi connectivity index (χ2n) is 8.22. The van der Waals surface area contributed by atoms with Crippen molar-refractivity contribution in [2.75, 3.05) is 36.8 Å². The monoisotopic (exact) mass is 449 g/mol. The maximum absolute atomic E-state index is 13.6. The molecule has 3 amide bonds. The van der Waals surface area contributed by atoms with E-state index < -0.39 is 5.82 Å². The molecule has 1 saturated heterocycles. The third-order valence-corrected chi connectivity index (χ3v) is 6.10. The highest BCUT2D eigenvalue weighted by Gasteiger charge is 2.35. The van der Waals surface area contributed by atoms with Crippen LogP contribution in [0.1, 0.15) is 25.0 Å². The van der Waals surface area contributed by atoms with Gasteiger partial charge in [0.15, 0.2) is 0 Å². The van der Waals surface area contributed by atoms with Crippen molar-refractivity contribution in [3.63, 3.8) is 0 Å². The minimum Gasteiger partial charge on any atom is -0.485 e. The Morgan fingerprint density at radius 2 is 2.12 bits per heavy atom. The van der Waals surface area contributed by atoms with Gasteiger partial charge in [-0.05, 0) is 55.3 Å². The zero-order valence-electron chi connectivity index (χ0n) is 18.4. The molecule has 3 aliphatic rings. The van der Waals surface area contributed by atoms with Crippen LogP contribution in [0.15, 0.2) is 47.9 Å². The van der Waals surface area contributed by atoms with Gasteiger partial charge in [-0.25, -0.2) is 14.2 Å². The average Bonchev–Trinajstić information content (AvgIpc) is 3.42. The van der Waals surface area contributed by atoms with Gasteiger partial charge in [0.2, 0.25) is 0 Å². The average molecular weight is 449 g/mol. The van der Waals surface area contributed by atoms with Gasteiger partial charge in [-0.1, -0.05) is 0 Å². The molecular weight excluding hydrogens is 425 g/mol. The fraction of sp³-hybridized carbons (Fsp3) is 0.292. The van der Waals surface area contributed by atoms with E-state index in [1.54, 1.807) is 17.2 Å². The van der Waals surface area contributed by atoms with E-state index in [1.165, 1.54) is 12.1 Å². The van der Waals surface area contributed by atoms with Gasteiger partial charge in [0.05, 0.1) is 11.3 Å². The second-order valence-corrected chi connectivity index (χ2v) is 8.22. The number of anilines is 2. The van der Waals surface area contributed by atoms with Crippen molar-refractivity contribution in [3.05, 3.63) is 64.8 Å². The van der Waals surface area contributed by atoms with Crippen LogP contribution in [-0.4, -0.2) is 54.1 Å². The number of hydrogen-bond donors (Lipinski definition) is 3. The van der Waals surface area contributed by atoms with Gasteiger partial charge in [-0.2, -0.15) is 0 Å². The van der Waals surface area contributed by atoms with Crippen LogP contribution in [0.2, 0.25) is 0 Å². The van der Waals surface area contributed by atoms with Crippen LogP contribution in [0, 0.1) is 5.82 Å². The van der Waals surface area contributed by atoms with Gasteiger partial charge in [0.1, 0.15) is 23.5 Å². The van der Waals surface area contributed by atoms with Crippen LogP contribution in [0.4, 0.5) is 20.7 Å². The van der Waals surface area contributed by atoms with E-state index in [4.69, 9.17) is 4.74 Å². The number of carbonyl (C=O) groups is 2. The normalized spacial score (nSPS) is 21.8. The van der Waals surface area contributed by atoms with Gasteiger partial charge in [0, 0.05) is 43.5 Å². The van der Waals surface area contributed by atoms with Crippen LogP contribution in [-0.2, 0) is 9.53 Å². The zero-order chi connectivity index (χ0) is 23.1. The highest BCUT2D eigenvalue weighted by Crippen LogP contribution is 2.44. The summed E-state index contributed by atoms with van der Waals surface area (Å²) in [5.41, 5.74) is 4.25. The molecule has 5 rings (SSSR count). The Labute approximate surface area is 190 Å². The molecule has 9 heteroatoms. The Bertz CT molecular complexity index is 1220. The Hall–Kier alpha value is -3.88. The molecule has 33 heavy (non-hydrogen) atoms. The molecule has 0 aliphatic carbocycles. The minimum atomic E-state index is -0.406. The second kappa shape index (κ2) is 8.23. The Morgan fingerprint density at radius 3 is 2.91 bits per heavy atom. The van der Waals surface area contributed by atoms with Crippen molar-refractivity contribution >= 4 is 34.6 Å². The first-order chi connectivity index (χ1) is 15.9. The van der Waals surface area contributed by atoms with E-state index in [0.717, 1.165) is 16.7 Å². The van der Waals surface area contributed by atoms with E-state index in [-0.39, 0.29) is 18.0 Å². The Balaban J connectivity index is 1.42. The smallest absolute Gasteiger partial charge is 0.317 e. The lowest BCUT2D eigenvalue weighted by Gasteiger charge is -2.15. The number of allylic oxidation sites excluding steroid dienone is 1. The molecule has 0 radical (unpaired) electrons. The summed E-state index contributed by atoms with van der Waals surface area (Å²) in [7, 11) is 0. The first-order valence-corrected chi connectivity index (χ1v) is 10.9. The van der Waals surface area contributed by atoms with Crippen molar-refractivity contribution in [3.8, 4) is 0 Å². The largest absolute Gasteiger partial charge is 0.485 e. The SMILES string of the molecule is CC1=C(c2ccnc(NCCN3CCNC3=O)c2)C(C)O/C1=C1/C(=O)Nc2cc(F)ccc21. The van der Waals surface area contributed by atoms with Crippen LogP contribution in [0.5, 0.6) is 0 Å². The Kier molecular flexibility index (Phi) is 5.24. The maximum Gasteiger partial charge on any atom is 0.317 e. The predicted molar refractivity (Wildman–Crippen MR) is 123 cm³/mol. The molecule has 3 aliphatic heterocycles. The summed E-state index contributed by atoms with van der Waals surface area (Å²) in [5, 5.41) is 8.78. The number of nitrogens with one attached hydrogen (secondary N) is 3. The molecule has 170 valence electrons. The number of carbonyl (C=O) groups excluding carboxylic acids is 2. The molecule has 2 aromatic rings. The van der Waals surface area contributed by atoms with Crippen molar-refractivity contribution < 1.29 is 18.7 Å². The molecule has 3 N–H and O–H groups in total. The van der Waals surface area contributed by atoms with Gasteiger partial charge in [0.25, 0.3) is 5.91 Å². The fourth-order valence-corrected chi connectivity index (χ4v) is 4.56. The van der Waals surface area contributed by atoms with Crippen molar-refractivity contribution in [2.45, 2.75) is 20.0 Å². The number of pyridine rings is 1. The maximum atomic E-state index is 13.6. The molecule has 1 aromatic carbocycles. The number of nitrogens with zero attached hydrogens (tertiary/aromatic N) is 2. The van der Waals surface area contributed by atoms with Crippen LogP contribution >= 0.6 is 0 Å². The number of aromatic nitrogens is 1. The Morgan fingerprint density at radius 1 is 1.27 bits per heavy atom. The quantitative estimate of drug-likeness (QED) is 0.610. The standard InChI is InChI=1S/C24H24FN5O3/c1-13-20(15-5-6-26-19(11-15)27-7-9-30-10-8-28-24(30)32)14(2)33-22(13)21-17-4-3-16(25)12-18(17)29-23(21)31/h3-6,11-12,14H,7-10H2,1-2H3,(H,26,27)(H,28,32)(H,29,31)/b22-21+. The van der Waals surface area contributed by atoms with Gasteiger partial charge >= 0.3 is 6.03 Å². The zero-order valence-corrected chi connectivity index (χ0v) is 18.4. The van der Waals surface area contributed by atoms with E-state index in [0.29, 0.717) is 54.6 Å². The van der Waals surface area contributed by atoms with Crippen molar-refractivity contribution in [1.29, 1.82) is 0 Å². The molecule has 0 saturated carbocycles. The van der Waals surface area contributed by atoms with E-state index in [2.05, 4.69) is 20.9 Å². The van der Waals surface area contributed by atoms with E-state index in [1.807, 2.05) is 26.0 Å². The molecule has 1 aromatic heterocycles.